The number of hydrogen-bond acceptors (Lipinski definition) is 2. The van der Waals surface area contributed by atoms with Crippen molar-refractivity contribution < 1.29 is 73.6 Å². The van der Waals surface area contributed by atoms with Gasteiger partial charge in [0, 0.05) is 0 Å². The molecule has 0 spiro atoms. The molecule has 0 aliphatic rings. The molecule has 15 heteroatoms. The molecule has 0 saturated heterocycles. The molecule has 0 radical (unpaired) electrons. The largest absolute Gasteiger partial charge is 3.00 e. The van der Waals surface area contributed by atoms with Crippen molar-refractivity contribution in [2.24, 2.45) is 0 Å². The number of benzene rings is 3. The van der Waals surface area contributed by atoms with E-state index in [4.69, 9.17) is 0 Å². The van der Waals surface area contributed by atoms with Crippen LogP contribution < -0.4 is 0 Å². The first-order valence-corrected chi connectivity index (χ1v) is 9.97. The number of para-hydroxylation sites is 1. The molecule has 0 heterocycles. The molecule has 4 nitrogen and oxygen atoms in total. The molecule has 40 heavy (non-hydrogen) atoms. The van der Waals surface area contributed by atoms with Crippen LogP contribution in [0, 0.1) is 65.6 Å². The number of carbonyl (C=O) groups excluding carboxylic acids is 2. The molecule has 0 N–H and O–H groups in total. The third-order valence-corrected chi connectivity index (χ3v) is 4.53. The van der Waals surface area contributed by atoms with E-state index in [1.165, 1.54) is 44.2 Å². The fourth-order valence-electron chi connectivity index (χ4n) is 2.54. The van der Waals surface area contributed by atoms with Gasteiger partial charge in [0.05, 0.1) is 22.9 Å². The van der Waals surface area contributed by atoms with E-state index in [0.717, 1.165) is 0 Å². The Bertz CT molecular complexity index is 1380. The van der Waals surface area contributed by atoms with E-state index in [0.29, 0.717) is 0 Å². The number of carbonyl (C=O) groups is 2. The Morgan fingerprint density at radius 2 is 0.925 bits per heavy atom. The molecular formula is C25H15F10IrN2O2. The summed E-state index contributed by atoms with van der Waals surface area (Å²) >= 11 is 0. The summed E-state index contributed by atoms with van der Waals surface area (Å²) in [6, 6.07) is 7.26. The minimum absolute atomic E-state index is 0. The van der Waals surface area contributed by atoms with Crippen molar-refractivity contribution >= 4 is 17.5 Å². The number of amides is 2. The van der Waals surface area contributed by atoms with Gasteiger partial charge in [0.1, 0.15) is 0 Å². The molecule has 0 bridgehead atoms. The van der Waals surface area contributed by atoms with Crippen LogP contribution in [0.3, 0.4) is 0 Å². The molecule has 3 aromatic carbocycles. The molecule has 3 rings (SSSR count). The number of allylic oxidation sites excluding steroid dienone is 2. The first-order valence-electron chi connectivity index (χ1n) is 9.97. The summed E-state index contributed by atoms with van der Waals surface area (Å²) in [5.74, 6) is -25.2. The van der Waals surface area contributed by atoms with Crippen LogP contribution in [0.15, 0.2) is 42.1 Å². The maximum absolute atomic E-state index is 13.4. The number of nitrogens with zero attached hydrogens (tertiary/aromatic N) is 2. The fourth-order valence-corrected chi connectivity index (χ4v) is 2.54. The predicted molar refractivity (Wildman–Crippen MR) is 120 cm³/mol. The van der Waals surface area contributed by atoms with E-state index in [2.05, 4.69) is 10.6 Å². The van der Waals surface area contributed by atoms with Crippen molar-refractivity contribution in [3.05, 3.63) is 129 Å². The van der Waals surface area contributed by atoms with Crippen molar-refractivity contribution in [1.29, 1.82) is 0 Å². The summed E-state index contributed by atoms with van der Waals surface area (Å²) in [7, 11) is 0. The maximum Gasteiger partial charge on any atom is 3.00 e. The van der Waals surface area contributed by atoms with E-state index in [1.807, 2.05) is 0 Å². The molecular weight excluding hydrogens is 742 g/mol. The van der Waals surface area contributed by atoms with Gasteiger partial charge >= 0.3 is 20.1 Å². The van der Waals surface area contributed by atoms with Crippen molar-refractivity contribution in [1.82, 2.24) is 0 Å². The third-order valence-electron chi connectivity index (χ3n) is 4.53. The van der Waals surface area contributed by atoms with E-state index < -0.39 is 81.1 Å². The fraction of sp³-hybridized carbons (Fsp3) is 0.0800. The minimum atomic E-state index is -2.32. The molecule has 216 valence electrons. The van der Waals surface area contributed by atoms with Gasteiger partial charge in [-0.1, -0.05) is 37.3 Å². The van der Waals surface area contributed by atoms with Crippen LogP contribution in [-0.2, 0) is 20.1 Å². The normalized spacial score (nSPS) is 10.4. The van der Waals surface area contributed by atoms with Gasteiger partial charge < -0.3 is 27.6 Å². The first-order chi connectivity index (χ1) is 17.7. The second-order valence-electron chi connectivity index (χ2n) is 6.99. The zero-order valence-corrected chi connectivity index (χ0v) is 22.7. The summed E-state index contributed by atoms with van der Waals surface area (Å²) in [5.41, 5.74) is -3.02. The standard InChI is InChI=1S/C13H6F5NO.C11H8F5NO.CH3.Ir/c14-8-7(9(15)11(17)12(18)10(8)16)13(20)19-6-4-2-1-3-5-6;1-3-4(2)17-11(18)5-6(12)8(14)10(16)9(15)7(5)13;;/h1-5H,(H,19,20);3H,1-2H3,(H,17,18);1H3;/q;;-1;+3/p-2/b;4-3+;;. The van der Waals surface area contributed by atoms with Crippen molar-refractivity contribution in [3.63, 3.8) is 0 Å². The summed E-state index contributed by atoms with van der Waals surface area (Å²) in [6.07, 6.45) is 1.34. The van der Waals surface area contributed by atoms with Crippen molar-refractivity contribution in [2.75, 3.05) is 0 Å². The molecule has 0 aliphatic heterocycles. The Morgan fingerprint density at radius 3 is 1.27 bits per heavy atom. The van der Waals surface area contributed by atoms with Gasteiger partial charge in [-0.05, 0) is 6.92 Å². The van der Waals surface area contributed by atoms with Crippen LogP contribution in [0.1, 0.15) is 34.6 Å². The Kier molecular flexibility index (Phi) is 13.8. The summed E-state index contributed by atoms with van der Waals surface area (Å²) in [6.45, 7) is 2.83. The smallest absolute Gasteiger partial charge is 0.626 e. The average molecular weight is 758 g/mol. The molecule has 0 unspecified atom stereocenters. The average Bonchev–Trinajstić information content (AvgIpc) is 2.89. The Labute approximate surface area is 234 Å². The number of rotatable bonds is 4. The van der Waals surface area contributed by atoms with Gasteiger partial charge in [-0.25, -0.2) is 43.9 Å². The molecule has 0 saturated carbocycles. The van der Waals surface area contributed by atoms with Crippen LogP contribution in [0.4, 0.5) is 49.6 Å². The SMILES string of the molecule is C/C=C(\C)[N-]C(=O)c1c(F)c(F)c(F)c(F)c1F.O=C([N-]c1ccccc1)c1c(F)c(F)c(F)c(F)c1F.[CH3-].[Ir+3]. The first kappa shape index (κ1) is 36.3. The Hall–Kier alpha value is -3.71. The van der Waals surface area contributed by atoms with E-state index in [1.54, 1.807) is 6.07 Å². The summed E-state index contributed by atoms with van der Waals surface area (Å²) in [4.78, 5) is 22.9. The van der Waals surface area contributed by atoms with E-state index in [-0.39, 0.29) is 38.9 Å². The summed E-state index contributed by atoms with van der Waals surface area (Å²) in [5, 5.41) is 6.47. The second kappa shape index (κ2) is 15.2. The van der Waals surface area contributed by atoms with Gasteiger partial charge in [-0.2, -0.15) is 5.70 Å². The van der Waals surface area contributed by atoms with Crippen LogP contribution in [0.25, 0.3) is 10.6 Å². The van der Waals surface area contributed by atoms with Crippen molar-refractivity contribution in [3.8, 4) is 0 Å². The van der Waals surface area contributed by atoms with Crippen LogP contribution >= 0.6 is 0 Å². The minimum Gasteiger partial charge on any atom is -0.626 e. The number of hydrogen-bond donors (Lipinski definition) is 0. The predicted octanol–water partition coefficient (Wildman–Crippen LogP) is 8.50. The van der Waals surface area contributed by atoms with Crippen LogP contribution in [-0.4, -0.2) is 11.8 Å². The van der Waals surface area contributed by atoms with Gasteiger partial charge in [-0.15, -0.1) is 11.8 Å². The Balaban J connectivity index is 0.000000729. The van der Waals surface area contributed by atoms with Crippen molar-refractivity contribution in [2.45, 2.75) is 13.8 Å². The number of halogens is 10. The molecule has 2 amide bonds. The topological polar surface area (TPSA) is 62.3 Å². The second-order valence-corrected chi connectivity index (χ2v) is 6.99. The zero-order valence-electron chi connectivity index (χ0n) is 20.3. The maximum atomic E-state index is 13.4. The Morgan fingerprint density at radius 1 is 0.600 bits per heavy atom. The van der Waals surface area contributed by atoms with Gasteiger partial charge in [0.2, 0.25) is 11.6 Å². The van der Waals surface area contributed by atoms with Crippen LogP contribution in [0.5, 0.6) is 0 Å². The van der Waals surface area contributed by atoms with Gasteiger partial charge in [0.15, 0.2) is 46.5 Å². The van der Waals surface area contributed by atoms with Gasteiger partial charge in [0.25, 0.3) is 0 Å². The molecule has 0 aliphatic carbocycles. The zero-order chi connectivity index (χ0) is 28.9. The molecule has 3 aromatic rings. The monoisotopic (exact) mass is 758 g/mol. The third kappa shape index (κ3) is 7.69. The quantitative estimate of drug-likeness (QED) is 0.116. The molecule has 0 fully saturated rings. The van der Waals surface area contributed by atoms with Crippen LogP contribution in [0.2, 0.25) is 0 Å². The van der Waals surface area contributed by atoms with E-state index >= 15 is 0 Å². The summed E-state index contributed by atoms with van der Waals surface area (Å²) < 4.78 is 130. The van der Waals surface area contributed by atoms with E-state index in [9.17, 15) is 53.5 Å². The van der Waals surface area contributed by atoms with Gasteiger partial charge in [-0.3, -0.25) is 0 Å². The molecule has 0 atom stereocenters. The molecule has 0 aromatic heterocycles.